The van der Waals surface area contributed by atoms with E-state index in [1.54, 1.807) is 6.92 Å². The molecule has 0 bridgehead atoms. The van der Waals surface area contributed by atoms with Crippen molar-refractivity contribution in [3.8, 4) is 5.75 Å². The summed E-state index contributed by atoms with van der Waals surface area (Å²) < 4.78 is 49.2. The third-order valence-electron chi connectivity index (χ3n) is 4.69. The summed E-state index contributed by atoms with van der Waals surface area (Å²) in [5.74, 6) is -0.770. The molecule has 3 rings (SSSR count). The van der Waals surface area contributed by atoms with Crippen molar-refractivity contribution >= 4 is 34.9 Å². The second-order valence-corrected chi connectivity index (χ2v) is 8.82. The topological polar surface area (TPSA) is 81.7 Å². The fourth-order valence-corrected chi connectivity index (χ4v) is 4.79. The van der Waals surface area contributed by atoms with Crippen LogP contribution in [0.25, 0.3) is 0 Å². The van der Waals surface area contributed by atoms with Crippen molar-refractivity contribution in [1.82, 2.24) is 0 Å². The number of amides is 1. The molecule has 0 unspecified atom stereocenters. The summed E-state index contributed by atoms with van der Waals surface area (Å²) in [6.07, 6.45) is 0.701. The van der Waals surface area contributed by atoms with Crippen LogP contribution in [0.4, 0.5) is 10.1 Å². The summed E-state index contributed by atoms with van der Waals surface area (Å²) in [4.78, 5) is 12.8. The summed E-state index contributed by atoms with van der Waals surface area (Å²) in [6, 6.07) is 8.21. The lowest BCUT2D eigenvalue weighted by molar-refractivity contribution is 0.102. The van der Waals surface area contributed by atoms with E-state index in [0.29, 0.717) is 30.9 Å². The predicted molar refractivity (Wildman–Crippen MR) is 113 cm³/mol. The van der Waals surface area contributed by atoms with Gasteiger partial charge in [0.25, 0.3) is 5.91 Å². The average Bonchev–Trinajstić information content (AvgIpc) is 3.15. The number of carbonyl (C=O) groups excluding carboxylic acids is 1. The number of hydrogen-bond acceptors (Lipinski definition) is 5. The number of anilines is 1. The summed E-state index contributed by atoms with van der Waals surface area (Å²) in [7, 11) is -2.17. The van der Waals surface area contributed by atoms with Gasteiger partial charge in [-0.25, -0.2) is 12.8 Å². The van der Waals surface area contributed by atoms with Crippen LogP contribution in [0, 0.1) is 18.7 Å². The first-order chi connectivity index (χ1) is 13.3. The fourth-order valence-electron chi connectivity index (χ4n) is 3.14. The van der Waals surface area contributed by atoms with Gasteiger partial charge in [0.15, 0.2) is 9.84 Å². The highest BCUT2D eigenvalue weighted by atomic mass is 32.2. The Morgan fingerprint density at radius 3 is 2.66 bits per heavy atom. The second kappa shape index (κ2) is 9.60. The Balaban J connectivity index is 0.00000300. The van der Waals surface area contributed by atoms with E-state index in [1.807, 2.05) is 0 Å². The lowest BCUT2D eigenvalue weighted by atomic mass is 10.1. The van der Waals surface area contributed by atoms with Gasteiger partial charge in [0.1, 0.15) is 11.6 Å². The summed E-state index contributed by atoms with van der Waals surface area (Å²) >= 11 is 0. The monoisotopic (exact) mass is 441 g/mol. The molecule has 9 heteroatoms. The van der Waals surface area contributed by atoms with Crippen LogP contribution >= 0.6 is 13.5 Å². The third kappa shape index (κ3) is 5.49. The van der Waals surface area contributed by atoms with Gasteiger partial charge in [-0.15, -0.1) is 0 Å². The third-order valence-corrected chi connectivity index (χ3v) is 6.57. The lowest BCUT2D eigenvalue weighted by Gasteiger charge is -2.14. The maximum Gasteiger partial charge on any atom is 0.259 e. The van der Waals surface area contributed by atoms with Gasteiger partial charge in [0.05, 0.1) is 29.9 Å². The van der Waals surface area contributed by atoms with Gasteiger partial charge in [-0.05, 0) is 61.2 Å². The van der Waals surface area contributed by atoms with Crippen LogP contribution in [-0.2, 0) is 14.6 Å². The number of benzene rings is 2. The number of methoxy groups -OCH3 is 1. The highest BCUT2D eigenvalue weighted by Gasteiger charge is 2.26. The van der Waals surface area contributed by atoms with Crippen molar-refractivity contribution in [1.29, 1.82) is 0 Å². The second-order valence-electron chi connectivity index (χ2n) is 6.79. The largest absolute Gasteiger partial charge is 0.496 e. The molecule has 1 fully saturated rings. The van der Waals surface area contributed by atoms with Gasteiger partial charge in [0, 0.05) is 12.3 Å². The molecule has 1 atom stereocenters. The van der Waals surface area contributed by atoms with E-state index in [9.17, 15) is 17.6 Å². The first kappa shape index (κ1) is 23.2. The molecule has 0 aliphatic carbocycles. The van der Waals surface area contributed by atoms with Gasteiger partial charge in [-0.3, -0.25) is 4.79 Å². The quantitative estimate of drug-likeness (QED) is 0.744. The number of hydrogen-bond donors (Lipinski definition) is 1. The summed E-state index contributed by atoms with van der Waals surface area (Å²) in [5.41, 5.74) is 1.08. The zero-order valence-electron chi connectivity index (χ0n) is 16.2. The SMILES string of the molecule is COc1ccc(S(=O)(=O)C[C@H]2CCOC2)cc1C(=O)Nc1ccc(F)cc1C.S. The summed E-state index contributed by atoms with van der Waals surface area (Å²) in [6.45, 7) is 2.65. The molecule has 1 aliphatic heterocycles. The number of rotatable bonds is 6. The molecule has 1 amide bonds. The van der Waals surface area contributed by atoms with E-state index in [0.717, 1.165) is 0 Å². The molecule has 0 aromatic heterocycles. The zero-order chi connectivity index (χ0) is 20.3. The van der Waals surface area contributed by atoms with Crippen LogP contribution in [0.15, 0.2) is 41.3 Å². The van der Waals surface area contributed by atoms with E-state index in [4.69, 9.17) is 9.47 Å². The molecule has 29 heavy (non-hydrogen) atoms. The van der Waals surface area contributed by atoms with Gasteiger partial charge in [-0.1, -0.05) is 0 Å². The Kier molecular flexibility index (Phi) is 7.67. The van der Waals surface area contributed by atoms with E-state index in [1.165, 1.54) is 43.5 Å². The maximum absolute atomic E-state index is 13.3. The van der Waals surface area contributed by atoms with Gasteiger partial charge >= 0.3 is 0 Å². The van der Waals surface area contributed by atoms with Gasteiger partial charge in [-0.2, -0.15) is 13.5 Å². The Bertz CT molecular complexity index is 988. The van der Waals surface area contributed by atoms with Crippen molar-refractivity contribution in [2.75, 3.05) is 31.4 Å². The molecule has 0 spiro atoms. The first-order valence-corrected chi connectivity index (χ1v) is 10.5. The Labute approximate surface area is 176 Å². The van der Waals surface area contributed by atoms with E-state index >= 15 is 0 Å². The first-order valence-electron chi connectivity index (χ1n) is 8.86. The number of ether oxygens (including phenoxy) is 2. The number of halogens is 1. The average molecular weight is 442 g/mol. The lowest BCUT2D eigenvalue weighted by Crippen LogP contribution is -2.18. The molecule has 6 nitrogen and oxygen atoms in total. The molecule has 158 valence electrons. The molecule has 1 N–H and O–H groups in total. The summed E-state index contributed by atoms with van der Waals surface area (Å²) in [5, 5.41) is 2.68. The Morgan fingerprint density at radius 1 is 1.28 bits per heavy atom. The van der Waals surface area contributed by atoms with Crippen LogP contribution in [0.3, 0.4) is 0 Å². The smallest absolute Gasteiger partial charge is 0.259 e. The molecule has 2 aromatic rings. The number of nitrogens with one attached hydrogen (secondary N) is 1. The minimum atomic E-state index is -3.58. The van der Waals surface area contributed by atoms with Crippen molar-refractivity contribution in [3.63, 3.8) is 0 Å². The van der Waals surface area contributed by atoms with E-state index < -0.39 is 21.6 Å². The van der Waals surface area contributed by atoms with Crippen molar-refractivity contribution in [3.05, 3.63) is 53.3 Å². The van der Waals surface area contributed by atoms with Crippen molar-refractivity contribution in [2.24, 2.45) is 5.92 Å². The fraction of sp³-hybridized carbons (Fsp3) is 0.350. The van der Waals surface area contributed by atoms with E-state index in [2.05, 4.69) is 5.32 Å². The Morgan fingerprint density at radius 2 is 2.03 bits per heavy atom. The van der Waals surface area contributed by atoms with Gasteiger partial charge in [0.2, 0.25) is 0 Å². The molecular weight excluding hydrogens is 417 g/mol. The minimum absolute atomic E-state index is 0. The molecule has 0 radical (unpaired) electrons. The number of sulfone groups is 1. The number of aryl methyl sites for hydroxylation is 1. The molecular formula is C20H24FNO5S2. The predicted octanol–water partition coefficient (Wildman–Crippen LogP) is 3.32. The van der Waals surface area contributed by atoms with Crippen LogP contribution in [0.1, 0.15) is 22.3 Å². The normalized spacial score (nSPS) is 16.2. The highest BCUT2D eigenvalue weighted by Crippen LogP contribution is 2.27. The molecule has 0 saturated carbocycles. The van der Waals surface area contributed by atoms with Crippen LogP contribution in [-0.4, -0.2) is 40.4 Å². The standard InChI is InChI=1S/C20H22FNO5S.H2S/c1-13-9-15(21)3-5-18(13)22-20(23)17-10-16(4-6-19(17)26-2)28(24,25)12-14-7-8-27-11-14;/h3-6,9-10,14H,7-8,11-12H2,1-2H3,(H,22,23);1H2/t14-;/m0./s1. The number of carbonyl (C=O) groups is 1. The van der Waals surface area contributed by atoms with Crippen LogP contribution < -0.4 is 10.1 Å². The highest BCUT2D eigenvalue weighted by molar-refractivity contribution is 7.91. The van der Waals surface area contributed by atoms with Crippen LogP contribution in [0.5, 0.6) is 5.75 Å². The maximum atomic E-state index is 13.3. The van der Waals surface area contributed by atoms with Gasteiger partial charge < -0.3 is 14.8 Å². The van der Waals surface area contributed by atoms with Crippen molar-refractivity contribution in [2.45, 2.75) is 18.2 Å². The van der Waals surface area contributed by atoms with Crippen molar-refractivity contribution < 1.29 is 27.1 Å². The molecule has 1 heterocycles. The zero-order valence-corrected chi connectivity index (χ0v) is 18.0. The Hall–Kier alpha value is -2.10. The molecule has 1 aliphatic rings. The molecule has 2 aromatic carbocycles. The van der Waals surface area contributed by atoms with E-state index in [-0.39, 0.29) is 41.4 Å². The minimum Gasteiger partial charge on any atom is -0.496 e. The molecule has 1 saturated heterocycles. The van der Waals surface area contributed by atoms with Crippen LogP contribution in [0.2, 0.25) is 0 Å².